The van der Waals surface area contributed by atoms with E-state index in [1.165, 1.54) is 18.2 Å². The van der Waals surface area contributed by atoms with Crippen LogP contribution in [-0.4, -0.2) is 21.5 Å². The number of anilines is 1. The van der Waals surface area contributed by atoms with Crippen LogP contribution in [0, 0.1) is 11.6 Å². The van der Waals surface area contributed by atoms with Crippen LogP contribution in [0.4, 0.5) is 14.5 Å². The van der Waals surface area contributed by atoms with Crippen LogP contribution in [-0.2, 0) is 13.0 Å². The zero-order valence-electron chi connectivity index (χ0n) is 12.8. The lowest BCUT2D eigenvalue weighted by Crippen LogP contribution is -2.38. The smallest absolute Gasteiger partial charge is 0.173 e. The van der Waals surface area contributed by atoms with Gasteiger partial charge >= 0.3 is 0 Å². The molecule has 0 atom stereocenters. The summed E-state index contributed by atoms with van der Waals surface area (Å²) in [5.74, 6) is -0.525. The quantitative estimate of drug-likeness (QED) is 0.649. The van der Waals surface area contributed by atoms with Crippen LogP contribution in [0.2, 0.25) is 0 Å². The first-order valence-electron chi connectivity index (χ1n) is 7.70. The summed E-state index contributed by atoms with van der Waals surface area (Å²) in [6.45, 7) is 1.39. The SMILES string of the molecule is Fc1ccc(NC(=S)N2CCc3[nH]c4ccc(F)cc4c3C2)cc1. The first-order chi connectivity index (χ1) is 11.6. The van der Waals surface area contributed by atoms with Gasteiger partial charge in [0.15, 0.2) is 5.11 Å². The molecule has 2 heterocycles. The van der Waals surface area contributed by atoms with Gasteiger partial charge in [0, 0.05) is 47.4 Å². The summed E-state index contributed by atoms with van der Waals surface area (Å²) in [5.41, 5.74) is 3.91. The molecule has 0 saturated heterocycles. The Labute approximate surface area is 143 Å². The highest BCUT2D eigenvalue weighted by Crippen LogP contribution is 2.28. The van der Waals surface area contributed by atoms with Crippen LogP contribution in [0.25, 0.3) is 10.9 Å². The molecule has 6 heteroatoms. The van der Waals surface area contributed by atoms with Crippen LogP contribution in [0.5, 0.6) is 0 Å². The Kier molecular flexibility index (Phi) is 3.69. The van der Waals surface area contributed by atoms with E-state index >= 15 is 0 Å². The molecule has 0 unspecified atom stereocenters. The standard InChI is InChI=1S/C18H15F2N3S/c19-11-1-4-13(5-2-11)21-18(24)23-8-7-17-15(10-23)14-9-12(20)3-6-16(14)22-17/h1-6,9,22H,7-8,10H2,(H,21,24). The predicted octanol–water partition coefficient (Wildman–Crippen LogP) is 4.20. The zero-order chi connectivity index (χ0) is 16.7. The molecule has 2 N–H and O–H groups in total. The average Bonchev–Trinajstić information content (AvgIpc) is 2.94. The number of aromatic nitrogens is 1. The minimum Gasteiger partial charge on any atom is -0.358 e. The van der Waals surface area contributed by atoms with Gasteiger partial charge in [0.2, 0.25) is 0 Å². The van der Waals surface area contributed by atoms with Crippen molar-refractivity contribution >= 4 is 33.9 Å². The van der Waals surface area contributed by atoms with E-state index in [-0.39, 0.29) is 11.6 Å². The van der Waals surface area contributed by atoms with Crippen molar-refractivity contribution in [2.45, 2.75) is 13.0 Å². The monoisotopic (exact) mass is 343 g/mol. The largest absolute Gasteiger partial charge is 0.358 e. The first-order valence-corrected chi connectivity index (χ1v) is 8.11. The molecule has 2 aromatic carbocycles. The van der Waals surface area contributed by atoms with Gasteiger partial charge in [-0.3, -0.25) is 0 Å². The van der Waals surface area contributed by atoms with Gasteiger partial charge < -0.3 is 15.2 Å². The molecule has 4 rings (SSSR count). The minimum absolute atomic E-state index is 0.242. The third-order valence-corrected chi connectivity index (χ3v) is 4.68. The highest BCUT2D eigenvalue weighted by Gasteiger charge is 2.22. The lowest BCUT2D eigenvalue weighted by atomic mass is 10.0. The molecule has 0 aliphatic carbocycles. The van der Waals surface area contributed by atoms with Gasteiger partial charge in [-0.25, -0.2) is 8.78 Å². The Hall–Kier alpha value is -2.47. The number of nitrogens with one attached hydrogen (secondary N) is 2. The van der Waals surface area contributed by atoms with E-state index in [0.29, 0.717) is 11.7 Å². The third kappa shape index (κ3) is 2.73. The third-order valence-electron chi connectivity index (χ3n) is 4.32. The molecule has 3 nitrogen and oxygen atoms in total. The number of H-pyrrole nitrogens is 1. The summed E-state index contributed by atoms with van der Waals surface area (Å²) in [5, 5.41) is 4.61. The van der Waals surface area contributed by atoms with Gasteiger partial charge in [-0.05, 0) is 54.7 Å². The molecule has 0 amide bonds. The Bertz CT molecular complexity index is 918. The first kappa shape index (κ1) is 15.1. The van der Waals surface area contributed by atoms with Crippen LogP contribution in [0.1, 0.15) is 11.3 Å². The molecule has 0 bridgehead atoms. The maximum atomic E-state index is 13.6. The van der Waals surface area contributed by atoms with E-state index in [2.05, 4.69) is 10.3 Å². The van der Waals surface area contributed by atoms with Gasteiger partial charge in [-0.15, -0.1) is 0 Å². The molecule has 1 aliphatic heterocycles. The van der Waals surface area contributed by atoms with E-state index < -0.39 is 0 Å². The molecule has 0 fully saturated rings. The highest BCUT2D eigenvalue weighted by atomic mass is 32.1. The fourth-order valence-electron chi connectivity index (χ4n) is 3.10. The Morgan fingerprint density at radius 1 is 1.08 bits per heavy atom. The normalized spacial score (nSPS) is 13.8. The number of fused-ring (bicyclic) bond motifs is 3. The number of rotatable bonds is 1. The van der Waals surface area contributed by atoms with E-state index in [1.807, 2.05) is 4.90 Å². The minimum atomic E-state index is -0.282. The summed E-state index contributed by atoms with van der Waals surface area (Å²) in [4.78, 5) is 5.40. The maximum absolute atomic E-state index is 13.6. The van der Waals surface area contributed by atoms with Gasteiger partial charge in [0.25, 0.3) is 0 Å². The molecule has 1 aliphatic rings. The van der Waals surface area contributed by atoms with Crippen molar-refractivity contribution in [3.63, 3.8) is 0 Å². The van der Waals surface area contributed by atoms with Crippen molar-refractivity contribution < 1.29 is 8.78 Å². The summed E-state index contributed by atoms with van der Waals surface area (Å²) < 4.78 is 26.5. The fourth-order valence-corrected chi connectivity index (χ4v) is 3.37. The van der Waals surface area contributed by atoms with Crippen LogP contribution >= 0.6 is 12.2 Å². The second-order valence-electron chi connectivity index (χ2n) is 5.88. The number of halogens is 2. The maximum Gasteiger partial charge on any atom is 0.173 e. The number of hydrogen-bond donors (Lipinski definition) is 2. The number of nitrogens with zero attached hydrogens (tertiary/aromatic N) is 1. The van der Waals surface area contributed by atoms with Crippen molar-refractivity contribution in [3.05, 3.63) is 65.4 Å². The van der Waals surface area contributed by atoms with E-state index in [9.17, 15) is 8.78 Å². The molecule has 1 aromatic heterocycles. The van der Waals surface area contributed by atoms with Crippen molar-refractivity contribution in [1.29, 1.82) is 0 Å². The van der Waals surface area contributed by atoms with Gasteiger partial charge in [-0.2, -0.15) is 0 Å². The Balaban J connectivity index is 1.57. The average molecular weight is 343 g/mol. The van der Waals surface area contributed by atoms with Crippen LogP contribution in [0.3, 0.4) is 0 Å². The lowest BCUT2D eigenvalue weighted by Gasteiger charge is -2.29. The van der Waals surface area contributed by atoms with E-state index in [1.54, 1.807) is 24.3 Å². The number of benzene rings is 2. The molecule has 0 radical (unpaired) electrons. The molecule has 0 saturated carbocycles. The predicted molar refractivity (Wildman–Crippen MR) is 95.0 cm³/mol. The van der Waals surface area contributed by atoms with Gasteiger partial charge in [-0.1, -0.05) is 0 Å². The summed E-state index contributed by atoms with van der Waals surface area (Å²) >= 11 is 5.48. The second-order valence-corrected chi connectivity index (χ2v) is 6.27. The zero-order valence-corrected chi connectivity index (χ0v) is 13.6. The highest BCUT2D eigenvalue weighted by molar-refractivity contribution is 7.80. The molecule has 3 aromatic rings. The number of hydrogen-bond acceptors (Lipinski definition) is 1. The Morgan fingerprint density at radius 3 is 2.62 bits per heavy atom. The summed E-state index contributed by atoms with van der Waals surface area (Å²) in [6, 6.07) is 10.9. The Morgan fingerprint density at radius 2 is 1.83 bits per heavy atom. The number of thiocarbonyl (C=S) groups is 1. The van der Waals surface area contributed by atoms with Crippen molar-refractivity contribution in [2.24, 2.45) is 0 Å². The summed E-state index contributed by atoms with van der Waals surface area (Å²) in [6.07, 6.45) is 0.816. The summed E-state index contributed by atoms with van der Waals surface area (Å²) in [7, 11) is 0. The fraction of sp³-hybridized carbons (Fsp3) is 0.167. The van der Waals surface area contributed by atoms with Crippen molar-refractivity contribution in [3.8, 4) is 0 Å². The van der Waals surface area contributed by atoms with Crippen molar-refractivity contribution in [2.75, 3.05) is 11.9 Å². The van der Waals surface area contributed by atoms with Crippen LogP contribution < -0.4 is 5.32 Å². The molecule has 24 heavy (non-hydrogen) atoms. The van der Waals surface area contributed by atoms with E-state index in [4.69, 9.17) is 12.2 Å². The number of aromatic amines is 1. The molecule has 0 spiro atoms. The van der Waals surface area contributed by atoms with Gasteiger partial charge in [0.05, 0.1) is 0 Å². The van der Waals surface area contributed by atoms with Crippen LogP contribution in [0.15, 0.2) is 42.5 Å². The molecule has 122 valence electrons. The lowest BCUT2D eigenvalue weighted by molar-refractivity contribution is 0.399. The van der Waals surface area contributed by atoms with E-state index in [0.717, 1.165) is 40.8 Å². The second kappa shape index (κ2) is 5.87. The van der Waals surface area contributed by atoms with Crippen molar-refractivity contribution in [1.82, 2.24) is 9.88 Å². The topological polar surface area (TPSA) is 31.1 Å². The van der Waals surface area contributed by atoms with Gasteiger partial charge in [0.1, 0.15) is 11.6 Å². The molecular weight excluding hydrogens is 328 g/mol. The molecular formula is C18H15F2N3S.